The van der Waals surface area contributed by atoms with Crippen molar-refractivity contribution in [3.8, 4) is 0 Å². The molecule has 0 aliphatic heterocycles. The molecule has 0 fully saturated rings. The minimum Gasteiger partial charge on any atom is -0.398 e. The van der Waals surface area contributed by atoms with Gasteiger partial charge in [0.05, 0.1) is 4.88 Å². The van der Waals surface area contributed by atoms with Crippen molar-refractivity contribution in [3.63, 3.8) is 0 Å². The van der Waals surface area contributed by atoms with Crippen LogP contribution in [0.4, 0.5) is 14.5 Å². The molecule has 0 bridgehead atoms. The van der Waals surface area contributed by atoms with Gasteiger partial charge in [0.15, 0.2) is 0 Å². The van der Waals surface area contributed by atoms with Crippen LogP contribution in [0.5, 0.6) is 0 Å². The number of hydrogen-bond donors (Lipinski definition) is 1. The van der Waals surface area contributed by atoms with E-state index in [1.807, 2.05) is 28.7 Å². The summed E-state index contributed by atoms with van der Waals surface area (Å²) in [6.45, 7) is 0. The summed E-state index contributed by atoms with van der Waals surface area (Å²) in [5.74, 6) is 0. The summed E-state index contributed by atoms with van der Waals surface area (Å²) < 4.78 is 26.5. The number of hydrogen-bond acceptors (Lipinski definition) is 2. The van der Waals surface area contributed by atoms with Crippen molar-refractivity contribution in [2.75, 3.05) is 5.73 Å². The Hall–Kier alpha value is -0.430. The van der Waals surface area contributed by atoms with Crippen molar-refractivity contribution in [1.29, 1.82) is 0 Å². The average Bonchev–Trinajstić information content (AvgIpc) is 2.45. The lowest BCUT2D eigenvalue weighted by atomic mass is 10.2. The highest BCUT2D eigenvalue weighted by molar-refractivity contribution is 14.1. The highest BCUT2D eigenvalue weighted by atomic mass is 127. The Kier molecular flexibility index (Phi) is 2.61. The summed E-state index contributed by atoms with van der Waals surface area (Å²) in [6, 6.07) is 5.32. The normalized spacial score (nSPS) is 11.4. The average molecular weight is 325 g/mol. The zero-order valence-electron chi connectivity index (χ0n) is 6.93. The van der Waals surface area contributed by atoms with Gasteiger partial charge < -0.3 is 5.73 Å². The fourth-order valence-corrected chi connectivity index (χ4v) is 3.63. The van der Waals surface area contributed by atoms with Crippen LogP contribution in [-0.4, -0.2) is 0 Å². The van der Waals surface area contributed by atoms with Crippen LogP contribution in [0.25, 0.3) is 10.1 Å². The molecule has 0 aliphatic carbocycles. The van der Waals surface area contributed by atoms with Crippen molar-refractivity contribution in [2.45, 2.75) is 6.43 Å². The van der Waals surface area contributed by atoms with Crippen LogP contribution in [0, 0.1) is 3.57 Å². The monoisotopic (exact) mass is 325 g/mol. The third-order valence-electron chi connectivity index (χ3n) is 1.91. The highest BCUT2D eigenvalue weighted by Gasteiger charge is 2.18. The number of alkyl halides is 2. The Labute approximate surface area is 97.1 Å². The summed E-state index contributed by atoms with van der Waals surface area (Å²) in [6.07, 6.45) is -2.42. The number of fused-ring (bicyclic) bond motifs is 1. The molecule has 2 rings (SSSR count). The summed E-state index contributed by atoms with van der Waals surface area (Å²) in [7, 11) is 0. The van der Waals surface area contributed by atoms with Gasteiger partial charge in [-0.1, -0.05) is 6.07 Å². The van der Waals surface area contributed by atoms with E-state index in [4.69, 9.17) is 5.73 Å². The summed E-state index contributed by atoms with van der Waals surface area (Å²) >= 11 is 3.03. The predicted molar refractivity (Wildman–Crippen MR) is 63.9 cm³/mol. The predicted octanol–water partition coefficient (Wildman–Crippen LogP) is 4.03. The summed E-state index contributed by atoms with van der Waals surface area (Å²) in [5.41, 5.74) is 6.29. The molecule has 1 heterocycles. The molecule has 1 aromatic carbocycles. The van der Waals surface area contributed by atoms with E-state index in [-0.39, 0.29) is 4.88 Å². The first-order chi connectivity index (χ1) is 6.61. The fraction of sp³-hybridized carbons (Fsp3) is 0.111. The maximum atomic E-state index is 12.6. The second-order valence-corrected chi connectivity index (χ2v) is 4.96. The molecular formula is C9H6F2INS. The first-order valence-corrected chi connectivity index (χ1v) is 5.75. The minimum absolute atomic E-state index is 0.110. The molecule has 0 unspecified atom stereocenters. The standard InChI is InChI=1S/C9H6F2INS/c10-9(11)8-7(12)6-4(13)2-1-3-5(6)14-8/h1-3,9H,13H2. The van der Waals surface area contributed by atoms with Gasteiger partial charge in [-0.05, 0) is 34.7 Å². The maximum Gasteiger partial charge on any atom is 0.273 e. The van der Waals surface area contributed by atoms with Gasteiger partial charge in [0.1, 0.15) is 0 Å². The van der Waals surface area contributed by atoms with E-state index >= 15 is 0 Å². The van der Waals surface area contributed by atoms with Crippen molar-refractivity contribution in [1.82, 2.24) is 0 Å². The Balaban J connectivity index is 2.81. The van der Waals surface area contributed by atoms with Crippen molar-refractivity contribution in [2.24, 2.45) is 0 Å². The number of nitrogen functional groups attached to an aromatic ring is 1. The van der Waals surface area contributed by atoms with E-state index in [0.29, 0.717) is 9.26 Å². The molecule has 0 radical (unpaired) electrons. The molecule has 0 spiro atoms. The molecule has 2 aromatic rings. The SMILES string of the molecule is Nc1cccc2sc(C(F)F)c(I)c12. The summed E-state index contributed by atoms with van der Waals surface area (Å²) in [4.78, 5) is 0.110. The number of halogens is 3. The molecule has 14 heavy (non-hydrogen) atoms. The van der Waals surface area contributed by atoms with Gasteiger partial charge in [0, 0.05) is 19.3 Å². The minimum atomic E-state index is -2.42. The highest BCUT2D eigenvalue weighted by Crippen LogP contribution is 2.40. The third kappa shape index (κ3) is 1.48. The molecule has 0 amide bonds. The number of benzene rings is 1. The number of rotatable bonds is 1. The lowest BCUT2D eigenvalue weighted by molar-refractivity contribution is 0.155. The van der Waals surface area contributed by atoms with E-state index in [1.165, 1.54) is 0 Å². The van der Waals surface area contributed by atoms with Crippen LogP contribution < -0.4 is 5.73 Å². The largest absolute Gasteiger partial charge is 0.398 e. The molecule has 74 valence electrons. The fourth-order valence-electron chi connectivity index (χ4n) is 1.29. The smallest absolute Gasteiger partial charge is 0.273 e. The van der Waals surface area contributed by atoms with Gasteiger partial charge in [-0.15, -0.1) is 11.3 Å². The second kappa shape index (κ2) is 3.62. The number of nitrogens with two attached hydrogens (primary N) is 1. The van der Waals surface area contributed by atoms with Crippen molar-refractivity contribution in [3.05, 3.63) is 26.6 Å². The van der Waals surface area contributed by atoms with Crippen LogP contribution in [0.2, 0.25) is 0 Å². The second-order valence-electron chi connectivity index (χ2n) is 2.80. The van der Waals surface area contributed by atoms with E-state index in [9.17, 15) is 8.78 Å². The van der Waals surface area contributed by atoms with Crippen LogP contribution in [0.1, 0.15) is 11.3 Å². The molecule has 0 atom stereocenters. The Morgan fingerprint density at radius 3 is 2.64 bits per heavy atom. The molecule has 1 aromatic heterocycles. The maximum absolute atomic E-state index is 12.6. The molecular weight excluding hydrogens is 319 g/mol. The quantitative estimate of drug-likeness (QED) is 0.622. The van der Waals surface area contributed by atoms with Gasteiger partial charge in [-0.2, -0.15) is 0 Å². The molecule has 0 saturated carbocycles. The van der Waals surface area contributed by atoms with Crippen LogP contribution in [-0.2, 0) is 0 Å². The van der Waals surface area contributed by atoms with E-state index in [2.05, 4.69) is 0 Å². The van der Waals surface area contributed by atoms with Crippen LogP contribution >= 0.6 is 33.9 Å². The Morgan fingerprint density at radius 2 is 2.07 bits per heavy atom. The molecule has 0 saturated heterocycles. The lowest BCUT2D eigenvalue weighted by Gasteiger charge is -1.96. The molecule has 1 nitrogen and oxygen atoms in total. The van der Waals surface area contributed by atoms with Gasteiger partial charge in [-0.25, -0.2) is 8.78 Å². The number of thiophene rings is 1. The molecule has 0 aliphatic rings. The van der Waals surface area contributed by atoms with Crippen molar-refractivity contribution >= 4 is 49.7 Å². The zero-order chi connectivity index (χ0) is 10.3. The molecule has 5 heteroatoms. The third-order valence-corrected chi connectivity index (χ3v) is 4.56. The topological polar surface area (TPSA) is 26.0 Å². The number of anilines is 1. The molecule has 2 N–H and O–H groups in total. The van der Waals surface area contributed by atoms with E-state index < -0.39 is 6.43 Å². The van der Waals surface area contributed by atoms with Crippen LogP contribution in [0.3, 0.4) is 0 Å². The summed E-state index contributed by atoms with van der Waals surface area (Å²) in [5, 5.41) is 0.758. The van der Waals surface area contributed by atoms with E-state index in [0.717, 1.165) is 21.4 Å². The van der Waals surface area contributed by atoms with E-state index in [1.54, 1.807) is 12.1 Å². The Bertz CT molecular complexity index is 481. The van der Waals surface area contributed by atoms with Gasteiger partial charge >= 0.3 is 0 Å². The van der Waals surface area contributed by atoms with Gasteiger partial charge in [0.25, 0.3) is 6.43 Å². The van der Waals surface area contributed by atoms with Crippen LogP contribution in [0.15, 0.2) is 18.2 Å². The van der Waals surface area contributed by atoms with Gasteiger partial charge in [0.2, 0.25) is 0 Å². The zero-order valence-corrected chi connectivity index (χ0v) is 9.90. The van der Waals surface area contributed by atoms with Crippen molar-refractivity contribution < 1.29 is 8.78 Å². The lowest BCUT2D eigenvalue weighted by Crippen LogP contribution is -1.86. The Morgan fingerprint density at radius 1 is 1.36 bits per heavy atom. The first kappa shape index (κ1) is 10.1. The first-order valence-electron chi connectivity index (χ1n) is 3.86. The van der Waals surface area contributed by atoms with Gasteiger partial charge in [-0.3, -0.25) is 0 Å².